The Morgan fingerprint density at radius 2 is 1.44 bits per heavy atom. The van der Waals surface area contributed by atoms with Gasteiger partial charge in [0.05, 0.1) is 0 Å². The number of hydrogen-bond acceptors (Lipinski definition) is 0. The summed E-state index contributed by atoms with van der Waals surface area (Å²) in [6, 6.07) is 17.7. The van der Waals surface area contributed by atoms with Crippen LogP contribution in [0.5, 0.6) is 0 Å². The lowest BCUT2D eigenvalue weighted by molar-refractivity contribution is -0.660. The van der Waals surface area contributed by atoms with E-state index < -0.39 is 0 Å². The monoisotopic (exact) mass is 330 g/mol. The zero-order valence-electron chi connectivity index (χ0n) is 16.2. The quantitative estimate of drug-likeness (QED) is 0.527. The van der Waals surface area contributed by atoms with Crippen LogP contribution in [0.1, 0.15) is 42.0 Å². The fourth-order valence-electron chi connectivity index (χ4n) is 3.60. The molecule has 0 bridgehead atoms. The Morgan fingerprint density at radius 3 is 2.12 bits per heavy atom. The molecule has 2 aromatic carbocycles. The first-order valence-electron chi connectivity index (χ1n) is 9.05. The van der Waals surface area contributed by atoms with Crippen molar-refractivity contribution in [3.05, 3.63) is 77.0 Å². The number of aryl methyl sites for hydroxylation is 4. The van der Waals surface area contributed by atoms with Crippen molar-refractivity contribution in [1.82, 2.24) is 0 Å². The molecule has 0 atom stereocenters. The lowest BCUT2D eigenvalue weighted by atomic mass is 9.93. The van der Waals surface area contributed by atoms with Crippen LogP contribution in [-0.2, 0) is 7.05 Å². The maximum absolute atomic E-state index is 2.33. The lowest BCUT2D eigenvalue weighted by Gasteiger charge is -2.13. The Kier molecular flexibility index (Phi) is 4.76. The molecule has 0 aliphatic carbocycles. The van der Waals surface area contributed by atoms with Crippen molar-refractivity contribution in [3.63, 3.8) is 0 Å². The second-order valence-corrected chi connectivity index (χ2v) is 7.41. The molecule has 25 heavy (non-hydrogen) atoms. The summed E-state index contributed by atoms with van der Waals surface area (Å²) in [5.41, 5.74) is 10.6. The van der Waals surface area contributed by atoms with Gasteiger partial charge in [-0.05, 0) is 60.6 Å². The number of hydrogen-bond donors (Lipinski definition) is 0. The van der Waals surface area contributed by atoms with E-state index in [1.54, 1.807) is 0 Å². The molecule has 0 N–H and O–H groups in total. The molecule has 0 amide bonds. The smallest absolute Gasteiger partial charge is 0.201 e. The third-order valence-electron chi connectivity index (χ3n) is 5.11. The first-order valence-corrected chi connectivity index (χ1v) is 9.05. The molecule has 0 spiro atoms. The molecule has 0 unspecified atom stereocenters. The molecule has 3 aromatic rings. The van der Waals surface area contributed by atoms with Crippen molar-refractivity contribution in [2.75, 3.05) is 0 Å². The van der Waals surface area contributed by atoms with E-state index in [1.807, 2.05) is 0 Å². The predicted molar refractivity (Wildman–Crippen MR) is 107 cm³/mol. The molecule has 0 saturated carbocycles. The van der Waals surface area contributed by atoms with E-state index in [-0.39, 0.29) is 0 Å². The van der Waals surface area contributed by atoms with E-state index in [2.05, 4.69) is 101 Å². The van der Waals surface area contributed by atoms with Crippen molar-refractivity contribution in [2.45, 2.75) is 40.5 Å². The summed E-state index contributed by atoms with van der Waals surface area (Å²) in [6.07, 6.45) is 2.29. The molecule has 0 aliphatic rings. The van der Waals surface area contributed by atoms with Gasteiger partial charge in [-0.25, -0.2) is 4.57 Å². The SMILES string of the molecule is Cc1ccccc1-c1ccc(C)c(-c2cc(C)c(C(C)C)c[n+]2C)c1. The van der Waals surface area contributed by atoms with Crippen LogP contribution in [0.4, 0.5) is 0 Å². The molecule has 128 valence electrons. The average Bonchev–Trinajstić information content (AvgIpc) is 2.57. The van der Waals surface area contributed by atoms with E-state index in [4.69, 9.17) is 0 Å². The highest BCUT2D eigenvalue weighted by molar-refractivity contribution is 5.74. The minimum Gasteiger partial charge on any atom is -0.201 e. The molecule has 0 fully saturated rings. The van der Waals surface area contributed by atoms with Gasteiger partial charge in [-0.15, -0.1) is 0 Å². The predicted octanol–water partition coefficient (Wildman–Crippen LogP) is 5.89. The van der Waals surface area contributed by atoms with Gasteiger partial charge in [-0.2, -0.15) is 0 Å². The topological polar surface area (TPSA) is 3.88 Å². The zero-order chi connectivity index (χ0) is 18.1. The summed E-state index contributed by atoms with van der Waals surface area (Å²) >= 11 is 0. The van der Waals surface area contributed by atoms with E-state index in [1.165, 1.54) is 44.6 Å². The van der Waals surface area contributed by atoms with Crippen LogP contribution < -0.4 is 4.57 Å². The number of nitrogens with zero attached hydrogens (tertiary/aromatic N) is 1. The maximum Gasteiger partial charge on any atom is 0.212 e. The van der Waals surface area contributed by atoms with Gasteiger partial charge in [0.2, 0.25) is 5.69 Å². The van der Waals surface area contributed by atoms with Gasteiger partial charge in [0.1, 0.15) is 7.05 Å². The van der Waals surface area contributed by atoms with Gasteiger partial charge < -0.3 is 0 Å². The van der Waals surface area contributed by atoms with Gasteiger partial charge in [-0.3, -0.25) is 0 Å². The van der Waals surface area contributed by atoms with Crippen molar-refractivity contribution in [1.29, 1.82) is 0 Å². The molecule has 1 nitrogen and oxygen atoms in total. The van der Waals surface area contributed by atoms with Crippen LogP contribution in [0.25, 0.3) is 22.4 Å². The summed E-state index contributed by atoms with van der Waals surface area (Å²) in [5, 5.41) is 0. The summed E-state index contributed by atoms with van der Waals surface area (Å²) < 4.78 is 2.27. The minimum absolute atomic E-state index is 0.541. The largest absolute Gasteiger partial charge is 0.212 e. The van der Waals surface area contributed by atoms with Crippen LogP contribution in [0.15, 0.2) is 54.7 Å². The Bertz CT molecular complexity index is 919. The molecule has 1 heteroatoms. The highest BCUT2D eigenvalue weighted by Crippen LogP contribution is 2.30. The second-order valence-electron chi connectivity index (χ2n) is 7.41. The molecule has 1 aromatic heterocycles. The Balaban J connectivity index is 2.17. The average molecular weight is 330 g/mol. The number of pyridine rings is 1. The van der Waals surface area contributed by atoms with Gasteiger partial charge >= 0.3 is 0 Å². The molecule has 3 rings (SSSR count). The molecule has 0 saturated heterocycles. The van der Waals surface area contributed by atoms with Gasteiger partial charge in [0.25, 0.3) is 0 Å². The molecular weight excluding hydrogens is 302 g/mol. The van der Waals surface area contributed by atoms with Crippen LogP contribution in [0.2, 0.25) is 0 Å². The molecule has 1 heterocycles. The van der Waals surface area contributed by atoms with E-state index in [0.29, 0.717) is 5.92 Å². The zero-order valence-corrected chi connectivity index (χ0v) is 16.2. The van der Waals surface area contributed by atoms with Crippen LogP contribution >= 0.6 is 0 Å². The summed E-state index contributed by atoms with van der Waals surface area (Å²) in [4.78, 5) is 0. The molecule has 0 aliphatic heterocycles. The minimum atomic E-state index is 0.541. The first-order chi connectivity index (χ1) is 11.9. The Hall–Kier alpha value is -2.41. The molecular formula is C24H28N+. The summed E-state index contributed by atoms with van der Waals surface area (Å²) in [7, 11) is 2.15. The van der Waals surface area contributed by atoms with Crippen molar-refractivity contribution in [2.24, 2.45) is 7.05 Å². The van der Waals surface area contributed by atoms with Gasteiger partial charge in [0, 0.05) is 17.2 Å². The molecule has 0 radical (unpaired) electrons. The highest BCUT2D eigenvalue weighted by atomic mass is 14.9. The third-order valence-corrected chi connectivity index (χ3v) is 5.11. The standard InChI is InChI=1S/C24H28N/c1-16(2)23-15-25(6)24(13-19(23)5)22-14-20(12-11-18(22)4)21-10-8-7-9-17(21)3/h7-16H,1-6H3/q+1. The number of aromatic nitrogens is 1. The number of benzene rings is 2. The van der Waals surface area contributed by atoms with Crippen LogP contribution in [0.3, 0.4) is 0 Å². The van der Waals surface area contributed by atoms with E-state index in [9.17, 15) is 0 Å². The Morgan fingerprint density at radius 1 is 0.760 bits per heavy atom. The van der Waals surface area contributed by atoms with Crippen LogP contribution in [0, 0.1) is 20.8 Å². The second kappa shape index (κ2) is 6.84. The first kappa shape index (κ1) is 17.4. The normalized spacial score (nSPS) is 11.2. The lowest BCUT2D eigenvalue weighted by Crippen LogP contribution is -2.32. The van der Waals surface area contributed by atoms with Crippen molar-refractivity contribution in [3.8, 4) is 22.4 Å². The van der Waals surface area contributed by atoms with Gasteiger partial charge in [-0.1, -0.05) is 50.2 Å². The highest BCUT2D eigenvalue weighted by Gasteiger charge is 2.18. The van der Waals surface area contributed by atoms with E-state index in [0.717, 1.165) is 0 Å². The summed E-state index contributed by atoms with van der Waals surface area (Å²) in [5.74, 6) is 0.541. The van der Waals surface area contributed by atoms with Crippen LogP contribution in [-0.4, -0.2) is 0 Å². The van der Waals surface area contributed by atoms with Gasteiger partial charge in [0.15, 0.2) is 6.20 Å². The Labute approximate surface area is 152 Å². The third kappa shape index (κ3) is 3.37. The number of rotatable bonds is 3. The van der Waals surface area contributed by atoms with E-state index >= 15 is 0 Å². The fourth-order valence-corrected chi connectivity index (χ4v) is 3.60. The summed E-state index contributed by atoms with van der Waals surface area (Å²) in [6.45, 7) is 11.1. The van der Waals surface area contributed by atoms with Crippen molar-refractivity contribution < 1.29 is 4.57 Å². The van der Waals surface area contributed by atoms with Crippen molar-refractivity contribution >= 4 is 0 Å². The maximum atomic E-state index is 2.33. The fraction of sp³-hybridized carbons (Fsp3) is 0.292.